The van der Waals surface area contributed by atoms with Crippen molar-refractivity contribution in [2.75, 3.05) is 19.5 Å². The van der Waals surface area contributed by atoms with E-state index in [4.69, 9.17) is 10.5 Å². The molecule has 5 heteroatoms. The Bertz CT molecular complexity index is 437. The lowest BCUT2D eigenvalue weighted by Crippen LogP contribution is -1.96. The quantitative estimate of drug-likeness (QED) is 0.769. The number of hydrogen-bond donors (Lipinski definition) is 1. The summed E-state index contributed by atoms with van der Waals surface area (Å²) in [6.45, 7) is 0.708. The van der Waals surface area contributed by atoms with Gasteiger partial charge >= 0.3 is 0 Å². The van der Waals surface area contributed by atoms with Crippen molar-refractivity contribution in [1.82, 2.24) is 14.6 Å². The largest absolute Gasteiger partial charge is 0.384 e. The van der Waals surface area contributed by atoms with Crippen LogP contribution in [0.5, 0.6) is 0 Å². The van der Waals surface area contributed by atoms with Gasteiger partial charge in [0.1, 0.15) is 0 Å². The maximum Gasteiger partial charge on any atom is 0.240 e. The first-order valence-electron chi connectivity index (χ1n) is 4.39. The van der Waals surface area contributed by atoms with Gasteiger partial charge in [0, 0.05) is 13.3 Å². The van der Waals surface area contributed by atoms with Crippen LogP contribution in [0.25, 0.3) is 5.65 Å². The minimum atomic E-state index is 0.300. The van der Waals surface area contributed by atoms with Gasteiger partial charge in [-0.3, -0.25) is 0 Å². The Kier molecular flexibility index (Phi) is 2.32. The zero-order valence-corrected chi connectivity index (χ0v) is 7.97. The van der Waals surface area contributed by atoms with Crippen molar-refractivity contribution < 1.29 is 4.74 Å². The molecular weight excluding hydrogens is 180 g/mol. The summed E-state index contributed by atoms with van der Waals surface area (Å²) in [5, 5.41) is 3.99. The fourth-order valence-electron chi connectivity index (χ4n) is 1.32. The molecular formula is C9H12N4O. The van der Waals surface area contributed by atoms with Crippen molar-refractivity contribution in [3.8, 4) is 0 Å². The molecule has 2 heterocycles. The van der Waals surface area contributed by atoms with Crippen LogP contribution in [-0.4, -0.2) is 28.3 Å². The third kappa shape index (κ3) is 1.67. The van der Waals surface area contributed by atoms with E-state index in [0.29, 0.717) is 12.6 Å². The standard InChI is InChI=1S/C9H12N4O/c1-14-5-3-7-2-4-13-8(6-7)11-9(10)12-13/h2,4,6H,3,5H2,1H3,(H2,10,12). The predicted octanol–water partition coefficient (Wildman–Crippen LogP) is 0.500. The molecule has 0 atom stereocenters. The highest BCUT2D eigenvalue weighted by atomic mass is 16.5. The van der Waals surface area contributed by atoms with Gasteiger partial charge in [0.2, 0.25) is 5.95 Å². The second-order valence-electron chi connectivity index (χ2n) is 3.05. The minimum absolute atomic E-state index is 0.300. The SMILES string of the molecule is COCCc1ccn2nc(N)nc2c1. The van der Waals surface area contributed by atoms with Crippen molar-refractivity contribution in [2.24, 2.45) is 0 Å². The summed E-state index contributed by atoms with van der Waals surface area (Å²) in [6.07, 6.45) is 2.73. The Balaban J connectivity index is 2.31. The first-order chi connectivity index (χ1) is 6.79. The smallest absolute Gasteiger partial charge is 0.240 e. The summed E-state index contributed by atoms with van der Waals surface area (Å²) < 4.78 is 6.65. The van der Waals surface area contributed by atoms with Gasteiger partial charge in [-0.25, -0.2) is 4.52 Å². The Morgan fingerprint density at radius 2 is 2.43 bits per heavy atom. The summed E-state index contributed by atoms with van der Waals surface area (Å²) in [7, 11) is 1.69. The molecule has 0 aromatic carbocycles. The van der Waals surface area contributed by atoms with Gasteiger partial charge in [-0.05, 0) is 24.1 Å². The van der Waals surface area contributed by atoms with E-state index in [9.17, 15) is 0 Å². The number of ether oxygens (including phenoxy) is 1. The molecule has 0 aliphatic rings. The molecule has 2 aromatic heterocycles. The van der Waals surface area contributed by atoms with Gasteiger partial charge in [-0.15, -0.1) is 5.10 Å². The van der Waals surface area contributed by atoms with Crippen LogP contribution in [-0.2, 0) is 11.2 Å². The topological polar surface area (TPSA) is 65.4 Å². The highest BCUT2D eigenvalue weighted by Gasteiger charge is 2.00. The first kappa shape index (κ1) is 8.96. The molecule has 0 bridgehead atoms. The third-order valence-electron chi connectivity index (χ3n) is 2.01. The van der Waals surface area contributed by atoms with E-state index in [-0.39, 0.29) is 0 Å². The summed E-state index contributed by atoms with van der Waals surface area (Å²) in [4.78, 5) is 4.07. The molecule has 0 aliphatic heterocycles. The molecule has 5 nitrogen and oxygen atoms in total. The molecule has 0 radical (unpaired) electrons. The molecule has 0 amide bonds. The Morgan fingerprint density at radius 3 is 3.21 bits per heavy atom. The van der Waals surface area contributed by atoms with E-state index in [1.165, 1.54) is 5.56 Å². The van der Waals surface area contributed by atoms with Crippen LogP contribution in [0.15, 0.2) is 18.3 Å². The third-order valence-corrected chi connectivity index (χ3v) is 2.01. The second-order valence-corrected chi connectivity index (χ2v) is 3.05. The molecule has 0 unspecified atom stereocenters. The summed E-state index contributed by atoms with van der Waals surface area (Å²) in [5.41, 5.74) is 7.42. The normalized spacial score (nSPS) is 10.9. The molecule has 0 fully saturated rings. The lowest BCUT2D eigenvalue weighted by atomic mass is 10.2. The molecule has 2 aromatic rings. The number of anilines is 1. The van der Waals surface area contributed by atoms with Crippen LogP contribution < -0.4 is 5.73 Å². The van der Waals surface area contributed by atoms with Crippen LogP contribution in [0, 0.1) is 0 Å². The predicted molar refractivity (Wildman–Crippen MR) is 53.0 cm³/mol. The van der Waals surface area contributed by atoms with E-state index >= 15 is 0 Å². The fourth-order valence-corrected chi connectivity index (χ4v) is 1.32. The molecule has 2 rings (SSSR count). The Hall–Kier alpha value is -1.62. The highest BCUT2D eigenvalue weighted by Crippen LogP contribution is 2.07. The van der Waals surface area contributed by atoms with Crippen molar-refractivity contribution in [2.45, 2.75) is 6.42 Å². The summed E-state index contributed by atoms with van der Waals surface area (Å²) in [6, 6.07) is 3.95. The van der Waals surface area contributed by atoms with Crippen LogP contribution in [0.2, 0.25) is 0 Å². The van der Waals surface area contributed by atoms with Gasteiger partial charge in [0.15, 0.2) is 5.65 Å². The molecule has 74 valence electrons. The number of nitrogens with zero attached hydrogens (tertiary/aromatic N) is 3. The lowest BCUT2D eigenvalue weighted by Gasteiger charge is -1.99. The molecule has 0 saturated heterocycles. The van der Waals surface area contributed by atoms with Gasteiger partial charge in [-0.2, -0.15) is 4.98 Å². The number of aromatic nitrogens is 3. The molecule has 0 aliphatic carbocycles. The van der Waals surface area contributed by atoms with Crippen LogP contribution in [0.4, 0.5) is 5.95 Å². The average Bonchev–Trinajstić information content (AvgIpc) is 2.54. The van der Waals surface area contributed by atoms with Crippen LogP contribution in [0.1, 0.15) is 5.56 Å². The van der Waals surface area contributed by atoms with Crippen molar-refractivity contribution >= 4 is 11.6 Å². The molecule has 0 spiro atoms. The van der Waals surface area contributed by atoms with E-state index in [2.05, 4.69) is 10.1 Å². The fraction of sp³-hybridized carbons (Fsp3) is 0.333. The van der Waals surface area contributed by atoms with E-state index in [1.807, 2.05) is 18.3 Å². The second kappa shape index (κ2) is 3.63. The average molecular weight is 192 g/mol. The lowest BCUT2D eigenvalue weighted by molar-refractivity contribution is 0.202. The van der Waals surface area contributed by atoms with Gasteiger partial charge < -0.3 is 10.5 Å². The van der Waals surface area contributed by atoms with Crippen LogP contribution in [0.3, 0.4) is 0 Å². The number of methoxy groups -OCH3 is 1. The van der Waals surface area contributed by atoms with Gasteiger partial charge in [0.05, 0.1) is 6.61 Å². The Labute approximate surface area is 81.5 Å². The zero-order valence-electron chi connectivity index (χ0n) is 7.97. The minimum Gasteiger partial charge on any atom is -0.384 e. The van der Waals surface area contributed by atoms with Crippen molar-refractivity contribution in [1.29, 1.82) is 0 Å². The summed E-state index contributed by atoms with van der Waals surface area (Å²) in [5.74, 6) is 0.300. The molecule has 2 N–H and O–H groups in total. The van der Waals surface area contributed by atoms with E-state index in [1.54, 1.807) is 11.6 Å². The number of fused-ring (bicyclic) bond motifs is 1. The molecule has 0 saturated carbocycles. The molecule has 14 heavy (non-hydrogen) atoms. The Morgan fingerprint density at radius 1 is 1.57 bits per heavy atom. The van der Waals surface area contributed by atoms with Crippen molar-refractivity contribution in [3.05, 3.63) is 23.9 Å². The van der Waals surface area contributed by atoms with Crippen LogP contribution >= 0.6 is 0 Å². The number of rotatable bonds is 3. The van der Waals surface area contributed by atoms with Gasteiger partial charge in [-0.1, -0.05) is 0 Å². The van der Waals surface area contributed by atoms with Crippen molar-refractivity contribution in [3.63, 3.8) is 0 Å². The number of nitrogens with two attached hydrogens (primary N) is 1. The van der Waals surface area contributed by atoms with E-state index < -0.39 is 0 Å². The van der Waals surface area contributed by atoms with Gasteiger partial charge in [0.25, 0.3) is 0 Å². The number of pyridine rings is 1. The summed E-state index contributed by atoms with van der Waals surface area (Å²) >= 11 is 0. The number of nitrogen functional groups attached to an aromatic ring is 1. The van der Waals surface area contributed by atoms with E-state index in [0.717, 1.165) is 12.1 Å². The maximum atomic E-state index is 5.47. The number of hydrogen-bond acceptors (Lipinski definition) is 4. The highest BCUT2D eigenvalue weighted by molar-refractivity contribution is 5.43. The first-order valence-corrected chi connectivity index (χ1v) is 4.39. The zero-order chi connectivity index (χ0) is 9.97. The maximum absolute atomic E-state index is 5.47. The monoisotopic (exact) mass is 192 g/mol.